The summed E-state index contributed by atoms with van der Waals surface area (Å²) in [6.45, 7) is 2.88. The second-order valence-electron chi connectivity index (χ2n) is 14.7. The number of ether oxygens (including phenoxy) is 1. The van der Waals surface area contributed by atoms with Gasteiger partial charge in [0.2, 0.25) is 0 Å². The number of aromatic nitrogens is 5. The van der Waals surface area contributed by atoms with Gasteiger partial charge in [-0.25, -0.2) is 4.98 Å². The second-order valence-corrected chi connectivity index (χ2v) is 14.7. The molecule has 0 radical (unpaired) electrons. The molecule has 60 heavy (non-hydrogen) atoms. The molecule has 0 aliphatic heterocycles. The van der Waals surface area contributed by atoms with Crippen molar-refractivity contribution in [2.24, 2.45) is 5.41 Å². The maximum Gasteiger partial charge on any atom is 0.268 e. The van der Waals surface area contributed by atoms with Crippen LogP contribution in [-0.4, -0.2) is 19.1 Å². The molecule has 0 aliphatic carbocycles. The smallest absolute Gasteiger partial charge is 0.268 e. The Morgan fingerprint density at radius 1 is 0.750 bits per heavy atom. The topological polar surface area (TPSA) is 48.8 Å². The number of benzene rings is 6. The molecule has 296 valence electrons. The van der Waals surface area contributed by atoms with E-state index in [0.29, 0.717) is 49.9 Å². The standard InChI is InChI=1S/C53H41N5O.Pt/c1-36-29-49-46(34-55-36)45-26-25-42(32-50(45)58(49)51-30-37(27-28-54-51)33-53(2,3)4)59-41-20-13-19-40(31-41)56-35-57(48-24-12-11-23-47(48)56)52-43(38-15-7-5-8-16-38)21-14-22-44(52)39-17-9-6-10-18-39;/h5-30,34H,33H2,1-4H3;/q-2;/i1D3,5D,6D,7D,8D,9D,10D,15D,16D,17D,18D,33D2;. The molecule has 0 unspecified atom stereocenters. The van der Waals surface area contributed by atoms with Crippen molar-refractivity contribution in [3.05, 3.63) is 194 Å². The van der Waals surface area contributed by atoms with E-state index in [4.69, 9.17) is 25.3 Å². The zero-order chi connectivity index (χ0) is 53.1. The van der Waals surface area contributed by atoms with Gasteiger partial charge in [-0.1, -0.05) is 129 Å². The molecule has 6 aromatic carbocycles. The maximum atomic E-state index is 9.02. The fourth-order valence-corrected chi connectivity index (χ4v) is 7.27. The van der Waals surface area contributed by atoms with Crippen LogP contribution in [0, 0.1) is 30.7 Å². The normalized spacial score (nSPS) is 15.6. The average molecular weight is 974 g/mol. The Balaban J connectivity index is 0.00000689. The van der Waals surface area contributed by atoms with Gasteiger partial charge in [0.1, 0.15) is 5.82 Å². The third-order valence-electron chi connectivity index (χ3n) is 9.60. The number of nitrogens with zero attached hydrogens (tertiary/aromatic N) is 5. The summed E-state index contributed by atoms with van der Waals surface area (Å²) in [4.78, 5) is 8.92. The van der Waals surface area contributed by atoms with Crippen molar-refractivity contribution in [1.29, 1.82) is 0 Å². The van der Waals surface area contributed by atoms with Gasteiger partial charge in [-0.15, -0.1) is 29.7 Å². The van der Waals surface area contributed by atoms with Gasteiger partial charge in [-0.2, -0.15) is 18.2 Å². The quantitative estimate of drug-likeness (QED) is 0.113. The zero-order valence-corrected chi connectivity index (χ0v) is 34.5. The first-order valence-electron chi connectivity index (χ1n) is 26.2. The number of pyridine rings is 2. The third kappa shape index (κ3) is 7.33. The number of hydrogen-bond donors (Lipinski definition) is 0. The van der Waals surface area contributed by atoms with Crippen molar-refractivity contribution in [3.8, 4) is 50.9 Å². The minimum atomic E-state index is -2.53. The first-order chi connectivity index (χ1) is 34.9. The van der Waals surface area contributed by atoms with Crippen LogP contribution in [0.5, 0.6) is 11.5 Å². The monoisotopic (exact) mass is 973 g/mol. The molecular weight excluding hydrogens is 918 g/mol. The number of aryl methyl sites for hydroxylation is 1. The predicted molar refractivity (Wildman–Crippen MR) is 237 cm³/mol. The van der Waals surface area contributed by atoms with Crippen LogP contribution in [0.1, 0.15) is 52.6 Å². The average Bonchev–Trinajstić information content (AvgIpc) is 3.94. The summed E-state index contributed by atoms with van der Waals surface area (Å²) in [7, 11) is 0. The molecule has 0 saturated carbocycles. The molecule has 0 saturated heterocycles. The van der Waals surface area contributed by atoms with E-state index in [0.717, 1.165) is 0 Å². The molecule has 10 aromatic rings. The Bertz CT molecular complexity index is 3830. The zero-order valence-electron chi connectivity index (χ0n) is 47.3. The molecule has 7 heteroatoms. The summed E-state index contributed by atoms with van der Waals surface area (Å²) in [5.74, 6) is 0.765. The number of rotatable bonds is 8. The van der Waals surface area contributed by atoms with Gasteiger partial charge < -0.3 is 13.9 Å². The third-order valence-corrected chi connectivity index (χ3v) is 9.60. The molecule has 4 heterocycles. The fourth-order valence-electron chi connectivity index (χ4n) is 7.27. The van der Waals surface area contributed by atoms with Crippen LogP contribution in [0.2, 0.25) is 0 Å². The van der Waals surface area contributed by atoms with Crippen LogP contribution < -0.4 is 9.30 Å². The van der Waals surface area contributed by atoms with E-state index in [1.165, 1.54) is 24.5 Å². The minimum absolute atomic E-state index is 0. The first-order valence-corrected chi connectivity index (χ1v) is 18.7. The molecule has 0 fully saturated rings. The maximum absolute atomic E-state index is 9.02. The van der Waals surface area contributed by atoms with Gasteiger partial charge in [0.25, 0.3) is 6.33 Å². The van der Waals surface area contributed by atoms with Crippen LogP contribution >= 0.6 is 0 Å². The van der Waals surface area contributed by atoms with Gasteiger partial charge in [0, 0.05) is 63.0 Å². The summed E-state index contributed by atoms with van der Waals surface area (Å²) < 4.78 is 141. The summed E-state index contributed by atoms with van der Waals surface area (Å²) >= 11 is 0. The summed E-state index contributed by atoms with van der Waals surface area (Å²) in [6.07, 6.45) is 4.56. The van der Waals surface area contributed by atoms with E-state index in [1.807, 2.05) is 0 Å². The van der Waals surface area contributed by atoms with Crippen LogP contribution in [-0.2, 0) is 27.4 Å². The molecule has 0 aliphatic rings. The second kappa shape index (κ2) is 15.9. The van der Waals surface area contributed by atoms with E-state index in [-0.39, 0.29) is 66.2 Å². The molecular formula is C53H41N5OPt-2. The number of fused-ring (bicyclic) bond motifs is 4. The van der Waals surface area contributed by atoms with Crippen molar-refractivity contribution >= 4 is 32.8 Å². The first kappa shape index (κ1) is 25.1. The molecule has 0 N–H and O–H groups in total. The van der Waals surface area contributed by atoms with E-state index < -0.39 is 79.1 Å². The van der Waals surface area contributed by atoms with Crippen LogP contribution in [0.3, 0.4) is 0 Å². The van der Waals surface area contributed by atoms with Crippen molar-refractivity contribution in [3.63, 3.8) is 0 Å². The Kier molecular flexibility index (Phi) is 6.63. The van der Waals surface area contributed by atoms with E-state index in [2.05, 4.69) is 28.4 Å². The van der Waals surface area contributed by atoms with Crippen LogP contribution in [0.4, 0.5) is 0 Å². The van der Waals surface area contributed by atoms with Crippen LogP contribution in [0.15, 0.2) is 164 Å². The van der Waals surface area contributed by atoms with E-state index >= 15 is 0 Å². The van der Waals surface area contributed by atoms with E-state index in [1.54, 1.807) is 113 Å². The summed E-state index contributed by atoms with van der Waals surface area (Å²) in [6, 6.07) is 26.1. The Hall–Kier alpha value is -6.62. The molecule has 0 amide bonds. The van der Waals surface area contributed by atoms with E-state index in [9.17, 15) is 0 Å². The van der Waals surface area contributed by atoms with Gasteiger partial charge in [0.05, 0.1) is 30.4 Å². The Morgan fingerprint density at radius 3 is 2.20 bits per heavy atom. The molecule has 0 bridgehead atoms. The van der Waals surface area contributed by atoms with Gasteiger partial charge >= 0.3 is 0 Å². The number of para-hydroxylation sites is 3. The van der Waals surface area contributed by atoms with Crippen molar-refractivity contribution < 1.29 is 50.9 Å². The molecule has 0 spiro atoms. The predicted octanol–water partition coefficient (Wildman–Crippen LogP) is 12.2. The van der Waals surface area contributed by atoms with Gasteiger partial charge in [-0.3, -0.25) is 9.55 Å². The van der Waals surface area contributed by atoms with Gasteiger partial charge in [0.15, 0.2) is 0 Å². The number of hydrogen-bond acceptors (Lipinski definition) is 3. The molecule has 6 nitrogen and oxygen atoms in total. The molecule has 10 rings (SSSR count). The SMILES string of the molecule is [2H]c1c([2H])c([2H])c(-c2cccc(-c3c([2H])c([2H])c([2H])c([2H])c3[2H])c2-[n+]2[c-]n(-c3[c-]c(Oc4[c-]c5c(cc4)c4cnc(C([2H])([2H])[2H])cc4n5-c4cc(C([2H])([2H])C(C)(C)C)ccn4)ccc3)c3ccccc32)c([2H])c1[2H].[Pt]. The summed E-state index contributed by atoms with van der Waals surface area (Å²) in [5, 5.41) is 1.24. The summed E-state index contributed by atoms with van der Waals surface area (Å²) in [5.41, 5.74) is 1.68. The van der Waals surface area contributed by atoms with Crippen molar-refractivity contribution in [2.75, 3.05) is 0 Å². The van der Waals surface area contributed by atoms with Crippen molar-refractivity contribution in [1.82, 2.24) is 19.1 Å². The fraction of sp³-hybridized carbons (Fsp3) is 0.113. The Labute approximate surface area is 385 Å². The van der Waals surface area contributed by atoms with Crippen LogP contribution in [0.25, 0.3) is 72.3 Å². The molecule has 0 atom stereocenters. The Morgan fingerprint density at radius 2 is 1.47 bits per heavy atom. The molecule has 4 aromatic heterocycles. The largest absolute Gasteiger partial charge is 0.510 e. The number of imidazole rings is 1. The van der Waals surface area contributed by atoms with Crippen molar-refractivity contribution in [2.45, 2.75) is 34.0 Å². The van der Waals surface area contributed by atoms with Gasteiger partial charge in [-0.05, 0) is 75.7 Å². The minimum Gasteiger partial charge on any atom is -0.510 e.